The number of benzene rings is 2. The molecule has 0 spiro atoms. The maximum Gasteiger partial charge on any atom is 0.251 e. The van der Waals surface area contributed by atoms with E-state index in [4.69, 9.17) is 4.74 Å². The van der Waals surface area contributed by atoms with Gasteiger partial charge in [0.05, 0.1) is 4.90 Å². The molecule has 0 aliphatic carbocycles. The molecule has 1 amide bonds. The van der Waals surface area contributed by atoms with Crippen LogP contribution in [0.1, 0.15) is 22.3 Å². The van der Waals surface area contributed by atoms with Crippen molar-refractivity contribution in [1.29, 1.82) is 0 Å². The number of hydrogen-bond donors (Lipinski definition) is 2. The van der Waals surface area contributed by atoms with Gasteiger partial charge in [-0.1, -0.05) is 18.2 Å². The quantitative estimate of drug-likeness (QED) is 0.605. The Balaban J connectivity index is 1.94. The number of methoxy groups -OCH3 is 1. The van der Waals surface area contributed by atoms with Gasteiger partial charge in [0.1, 0.15) is 5.82 Å². The van der Waals surface area contributed by atoms with E-state index in [2.05, 4.69) is 10.0 Å². The third-order valence-corrected chi connectivity index (χ3v) is 5.30. The summed E-state index contributed by atoms with van der Waals surface area (Å²) in [6.07, 6.45) is 1.10. The van der Waals surface area contributed by atoms with Crippen LogP contribution in [-0.2, 0) is 21.2 Å². The molecule has 0 radical (unpaired) electrons. The minimum atomic E-state index is -3.75. The van der Waals surface area contributed by atoms with Crippen LogP contribution in [-0.4, -0.2) is 41.1 Å². The fourth-order valence-electron chi connectivity index (χ4n) is 2.39. The molecule has 2 aromatic carbocycles. The van der Waals surface area contributed by atoms with Gasteiger partial charge in [-0.05, 0) is 48.7 Å². The predicted octanol–water partition coefficient (Wildman–Crippen LogP) is 2.11. The van der Waals surface area contributed by atoms with Gasteiger partial charge in [-0.15, -0.1) is 0 Å². The molecule has 0 bridgehead atoms. The minimum absolute atomic E-state index is 0.0196. The Morgan fingerprint density at radius 2 is 1.85 bits per heavy atom. The van der Waals surface area contributed by atoms with Crippen LogP contribution in [0.5, 0.6) is 0 Å². The molecule has 2 rings (SSSR count). The number of halogens is 1. The molecule has 0 aromatic heterocycles. The molecular formula is C19H23FN2O4S. The summed E-state index contributed by atoms with van der Waals surface area (Å²) >= 11 is 0. The zero-order chi connectivity index (χ0) is 19.7. The number of amides is 1. The maximum absolute atomic E-state index is 12.9. The first-order valence-electron chi connectivity index (χ1n) is 8.54. The van der Waals surface area contributed by atoms with Crippen molar-refractivity contribution in [2.24, 2.45) is 0 Å². The van der Waals surface area contributed by atoms with Crippen molar-refractivity contribution in [3.8, 4) is 0 Å². The Morgan fingerprint density at radius 3 is 2.56 bits per heavy atom. The van der Waals surface area contributed by atoms with E-state index in [1.165, 1.54) is 30.3 Å². The molecular weight excluding hydrogens is 371 g/mol. The average molecular weight is 394 g/mol. The molecule has 6 nitrogen and oxygen atoms in total. The van der Waals surface area contributed by atoms with Crippen LogP contribution < -0.4 is 10.0 Å². The SMILES string of the molecule is COCCCNC(=O)c1cccc(S(=O)(=O)NCCc2ccc(F)cc2)c1. The minimum Gasteiger partial charge on any atom is -0.385 e. The molecule has 8 heteroatoms. The van der Waals surface area contributed by atoms with Gasteiger partial charge in [0.15, 0.2) is 0 Å². The maximum atomic E-state index is 12.9. The summed E-state index contributed by atoms with van der Waals surface area (Å²) in [5.41, 5.74) is 1.09. The van der Waals surface area contributed by atoms with E-state index in [1.54, 1.807) is 25.3 Å². The first-order valence-corrected chi connectivity index (χ1v) is 10.0. The second-order valence-corrected chi connectivity index (χ2v) is 7.67. The Kier molecular flexibility index (Phi) is 7.90. The van der Waals surface area contributed by atoms with E-state index < -0.39 is 10.0 Å². The lowest BCUT2D eigenvalue weighted by Crippen LogP contribution is -2.27. The van der Waals surface area contributed by atoms with Crippen molar-refractivity contribution in [3.05, 3.63) is 65.5 Å². The molecule has 0 unspecified atom stereocenters. The number of ether oxygens (including phenoxy) is 1. The highest BCUT2D eigenvalue weighted by Gasteiger charge is 2.15. The summed E-state index contributed by atoms with van der Waals surface area (Å²) in [6.45, 7) is 1.15. The van der Waals surface area contributed by atoms with Crippen LogP contribution >= 0.6 is 0 Å². The Hall–Kier alpha value is -2.29. The lowest BCUT2D eigenvalue weighted by molar-refractivity contribution is 0.0948. The van der Waals surface area contributed by atoms with Crippen LogP contribution in [0.4, 0.5) is 4.39 Å². The van der Waals surface area contributed by atoms with Gasteiger partial charge in [-0.3, -0.25) is 4.79 Å². The smallest absolute Gasteiger partial charge is 0.251 e. The number of carbonyl (C=O) groups is 1. The predicted molar refractivity (Wildman–Crippen MR) is 101 cm³/mol. The lowest BCUT2D eigenvalue weighted by Gasteiger charge is -2.09. The van der Waals surface area contributed by atoms with Gasteiger partial charge >= 0.3 is 0 Å². The summed E-state index contributed by atoms with van der Waals surface area (Å²) in [7, 11) is -2.17. The van der Waals surface area contributed by atoms with Gasteiger partial charge in [0.2, 0.25) is 10.0 Å². The summed E-state index contributed by atoms with van der Waals surface area (Å²) in [5.74, 6) is -0.675. The van der Waals surface area contributed by atoms with Crippen molar-refractivity contribution in [1.82, 2.24) is 10.0 Å². The first kappa shape index (κ1) is 21.0. The third-order valence-electron chi connectivity index (χ3n) is 3.84. The molecule has 0 aliphatic rings. The second-order valence-electron chi connectivity index (χ2n) is 5.90. The standard InChI is InChI=1S/C19H23FN2O4S/c1-26-13-3-11-21-19(23)16-4-2-5-18(14-16)27(24,25)22-12-10-15-6-8-17(20)9-7-15/h2,4-9,14,22H,3,10-13H2,1H3,(H,21,23). The molecule has 0 fully saturated rings. The summed E-state index contributed by atoms with van der Waals surface area (Å²) in [4.78, 5) is 12.1. The first-order chi connectivity index (χ1) is 12.9. The highest BCUT2D eigenvalue weighted by atomic mass is 32.2. The summed E-state index contributed by atoms with van der Waals surface area (Å²) in [6, 6.07) is 11.7. The van der Waals surface area contributed by atoms with Crippen molar-refractivity contribution < 1.29 is 22.3 Å². The zero-order valence-corrected chi connectivity index (χ0v) is 15.9. The van der Waals surface area contributed by atoms with Crippen LogP contribution in [0.25, 0.3) is 0 Å². The fourth-order valence-corrected chi connectivity index (χ4v) is 3.47. The van der Waals surface area contributed by atoms with Gasteiger partial charge in [0, 0.05) is 32.4 Å². The van der Waals surface area contributed by atoms with Gasteiger partial charge < -0.3 is 10.1 Å². The molecule has 0 saturated heterocycles. The molecule has 0 aliphatic heterocycles. The number of rotatable bonds is 10. The topological polar surface area (TPSA) is 84.5 Å². The van der Waals surface area contributed by atoms with E-state index >= 15 is 0 Å². The molecule has 27 heavy (non-hydrogen) atoms. The molecule has 2 N–H and O–H groups in total. The van der Waals surface area contributed by atoms with Crippen molar-refractivity contribution in [2.45, 2.75) is 17.7 Å². The van der Waals surface area contributed by atoms with Crippen molar-refractivity contribution >= 4 is 15.9 Å². The van der Waals surface area contributed by atoms with Crippen LogP contribution in [0, 0.1) is 5.82 Å². The average Bonchev–Trinajstić information content (AvgIpc) is 2.66. The van der Waals surface area contributed by atoms with Crippen LogP contribution in [0.2, 0.25) is 0 Å². The number of carbonyl (C=O) groups excluding carboxylic acids is 1. The van der Waals surface area contributed by atoms with E-state index in [9.17, 15) is 17.6 Å². The fraction of sp³-hybridized carbons (Fsp3) is 0.316. The number of nitrogens with one attached hydrogen (secondary N) is 2. The molecule has 2 aromatic rings. The Morgan fingerprint density at radius 1 is 1.11 bits per heavy atom. The van der Waals surface area contributed by atoms with Crippen LogP contribution in [0.15, 0.2) is 53.4 Å². The van der Waals surface area contributed by atoms with E-state index in [0.29, 0.717) is 26.0 Å². The van der Waals surface area contributed by atoms with Crippen molar-refractivity contribution in [3.63, 3.8) is 0 Å². The third kappa shape index (κ3) is 6.74. The van der Waals surface area contributed by atoms with Crippen molar-refractivity contribution in [2.75, 3.05) is 26.8 Å². The van der Waals surface area contributed by atoms with E-state index in [-0.39, 0.29) is 28.7 Å². The molecule has 0 heterocycles. The van der Waals surface area contributed by atoms with Gasteiger partial charge in [-0.25, -0.2) is 17.5 Å². The lowest BCUT2D eigenvalue weighted by atomic mass is 10.1. The van der Waals surface area contributed by atoms with Crippen LogP contribution in [0.3, 0.4) is 0 Å². The number of sulfonamides is 1. The molecule has 146 valence electrons. The number of hydrogen-bond acceptors (Lipinski definition) is 4. The zero-order valence-electron chi connectivity index (χ0n) is 15.1. The van der Waals surface area contributed by atoms with E-state index in [1.807, 2.05) is 0 Å². The van der Waals surface area contributed by atoms with E-state index in [0.717, 1.165) is 5.56 Å². The van der Waals surface area contributed by atoms with Gasteiger partial charge in [0.25, 0.3) is 5.91 Å². The Bertz CT molecular complexity index is 854. The molecule has 0 saturated carbocycles. The second kappa shape index (κ2) is 10.1. The summed E-state index contributed by atoms with van der Waals surface area (Å²) < 4.78 is 45.2. The normalized spacial score (nSPS) is 11.3. The van der Waals surface area contributed by atoms with Gasteiger partial charge in [-0.2, -0.15) is 0 Å². The molecule has 0 atom stereocenters. The monoisotopic (exact) mass is 394 g/mol. The Labute approximate surface area is 158 Å². The largest absolute Gasteiger partial charge is 0.385 e. The summed E-state index contributed by atoms with van der Waals surface area (Å²) in [5, 5.41) is 2.72. The highest BCUT2D eigenvalue weighted by molar-refractivity contribution is 7.89. The highest BCUT2D eigenvalue weighted by Crippen LogP contribution is 2.12.